The Labute approximate surface area is 92.8 Å². The number of allylic oxidation sites excluding steroid dienone is 1. The minimum atomic E-state index is 0.930. The van der Waals surface area contributed by atoms with Crippen molar-refractivity contribution in [2.24, 2.45) is 0 Å². The van der Waals surface area contributed by atoms with Gasteiger partial charge < -0.3 is 4.74 Å². The molecule has 15 heavy (non-hydrogen) atoms. The Kier molecular flexibility index (Phi) is 4.96. The standard InChI is InChI=1S/C14H20O/c1-4-5-6-9-12(2)13-10-7-8-11-14(13)15-3/h7-8,10-11H,2,4-6,9H2,1,3H3. The van der Waals surface area contributed by atoms with Crippen LogP contribution in [0.5, 0.6) is 5.75 Å². The monoisotopic (exact) mass is 204 g/mol. The third-order valence-corrected chi connectivity index (χ3v) is 2.57. The lowest BCUT2D eigenvalue weighted by atomic mass is 10.0. The van der Waals surface area contributed by atoms with Crippen molar-refractivity contribution in [1.82, 2.24) is 0 Å². The highest BCUT2D eigenvalue weighted by Crippen LogP contribution is 2.27. The minimum absolute atomic E-state index is 0.930. The second-order valence-corrected chi connectivity index (χ2v) is 3.76. The molecule has 0 aromatic heterocycles. The molecule has 1 heteroatoms. The first-order chi connectivity index (χ1) is 7.29. The van der Waals surface area contributed by atoms with E-state index in [1.165, 1.54) is 24.8 Å². The number of unbranched alkanes of at least 4 members (excludes halogenated alkanes) is 2. The molecule has 82 valence electrons. The molecule has 0 aliphatic carbocycles. The van der Waals surface area contributed by atoms with Crippen LogP contribution >= 0.6 is 0 Å². The van der Waals surface area contributed by atoms with Crippen molar-refractivity contribution in [3.63, 3.8) is 0 Å². The fourth-order valence-electron chi connectivity index (χ4n) is 1.66. The Morgan fingerprint density at radius 1 is 1.27 bits per heavy atom. The number of para-hydroxylation sites is 1. The first kappa shape index (κ1) is 11.8. The van der Waals surface area contributed by atoms with E-state index in [2.05, 4.69) is 19.6 Å². The largest absolute Gasteiger partial charge is 0.496 e. The number of benzene rings is 1. The van der Waals surface area contributed by atoms with Crippen LogP contribution in [0, 0.1) is 0 Å². The van der Waals surface area contributed by atoms with Crippen molar-refractivity contribution in [1.29, 1.82) is 0 Å². The summed E-state index contributed by atoms with van der Waals surface area (Å²) in [6, 6.07) is 8.08. The smallest absolute Gasteiger partial charge is 0.126 e. The molecule has 0 atom stereocenters. The van der Waals surface area contributed by atoms with E-state index in [4.69, 9.17) is 4.74 Å². The number of hydrogen-bond acceptors (Lipinski definition) is 1. The molecule has 0 N–H and O–H groups in total. The van der Waals surface area contributed by atoms with Crippen LogP contribution in [0.15, 0.2) is 30.8 Å². The predicted octanol–water partition coefficient (Wildman–Crippen LogP) is 4.29. The number of hydrogen-bond donors (Lipinski definition) is 0. The summed E-state index contributed by atoms with van der Waals surface area (Å²) in [6.07, 6.45) is 4.80. The molecule has 0 spiro atoms. The molecule has 1 rings (SSSR count). The molecule has 0 saturated carbocycles. The van der Waals surface area contributed by atoms with Crippen LogP contribution in [-0.2, 0) is 0 Å². The lowest BCUT2D eigenvalue weighted by molar-refractivity contribution is 0.413. The van der Waals surface area contributed by atoms with Crippen LogP contribution in [-0.4, -0.2) is 7.11 Å². The summed E-state index contributed by atoms with van der Waals surface area (Å²) in [5.74, 6) is 0.930. The zero-order valence-corrected chi connectivity index (χ0v) is 9.75. The van der Waals surface area contributed by atoms with Crippen LogP contribution in [0.2, 0.25) is 0 Å². The van der Waals surface area contributed by atoms with E-state index in [-0.39, 0.29) is 0 Å². The Bertz CT molecular complexity index is 315. The van der Waals surface area contributed by atoms with Gasteiger partial charge in [-0.25, -0.2) is 0 Å². The Hall–Kier alpha value is -1.24. The van der Waals surface area contributed by atoms with Crippen LogP contribution in [0.3, 0.4) is 0 Å². The van der Waals surface area contributed by atoms with Crippen LogP contribution in [0.4, 0.5) is 0 Å². The fourth-order valence-corrected chi connectivity index (χ4v) is 1.66. The van der Waals surface area contributed by atoms with Crippen molar-refractivity contribution < 1.29 is 4.74 Å². The van der Waals surface area contributed by atoms with Gasteiger partial charge in [0.2, 0.25) is 0 Å². The van der Waals surface area contributed by atoms with E-state index >= 15 is 0 Å². The van der Waals surface area contributed by atoms with E-state index in [0.29, 0.717) is 0 Å². The van der Waals surface area contributed by atoms with E-state index in [1.807, 2.05) is 18.2 Å². The summed E-state index contributed by atoms with van der Waals surface area (Å²) in [5.41, 5.74) is 2.33. The van der Waals surface area contributed by atoms with Gasteiger partial charge in [-0.3, -0.25) is 0 Å². The molecule has 0 aliphatic rings. The maximum Gasteiger partial charge on any atom is 0.126 e. The predicted molar refractivity (Wildman–Crippen MR) is 66.2 cm³/mol. The summed E-state index contributed by atoms with van der Waals surface area (Å²) in [7, 11) is 1.71. The van der Waals surface area contributed by atoms with Gasteiger partial charge in [-0.2, -0.15) is 0 Å². The van der Waals surface area contributed by atoms with Crippen molar-refractivity contribution in [3.8, 4) is 5.75 Å². The first-order valence-corrected chi connectivity index (χ1v) is 5.60. The molecular formula is C14H20O. The highest BCUT2D eigenvalue weighted by molar-refractivity contribution is 5.68. The van der Waals surface area contributed by atoms with Crippen molar-refractivity contribution in [2.75, 3.05) is 7.11 Å². The van der Waals surface area contributed by atoms with E-state index in [0.717, 1.165) is 17.7 Å². The average Bonchev–Trinajstić information content (AvgIpc) is 2.29. The molecule has 0 radical (unpaired) electrons. The second kappa shape index (κ2) is 6.28. The summed E-state index contributed by atoms with van der Waals surface area (Å²) in [5, 5.41) is 0. The Balaban J connectivity index is 2.64. The van der Waals surface area contributed by atoms with Crippen LogP contribution < -0.4 is 4.74 Å². The lowest BCUT2D eigenvalue weighted by Gasteiger charge is -2.10. The summed E-state index contributed by atoms with van der Waals surface area (Å²) >= 11 is 0. The van der Waals surface area contributed by atoms with Crippen LogP contribution in [0.25, 0.3) is 5.57 Å². The first-order valence-electron chi connectivity index (χ1n) is 5.60. The second-order valence-electron chi connectivity index (χ2n) is 3.76. The molecule has 0 heterocycles. The zero-order chi connectivity index (χ0) is 11.1. The molecule has 0 amide bonds. The molecular weight excluding hydrogens is 184 g/mol. The van der Waals surface area contributed by atoms with E-state index in [1.54, 1.807) is 7.11 Å². The van der Waals surface area contributed by atoms with Crippen molar-refractivity contribution in [2.45, 2.75) is 32.6 Å². The van der Waals surface area contributed by atoms with Gasteiger partial charge in [0, 0.05) is 5.56 Å². The van der Waals surface area contributed by atoms with Gasteiger partial charge in [-0.05, 0) is 24.5 Å². The molecule has 0 unspecified atom stereocenters. The highest BCUT2D eigenvalue weighted by Gasteiger charge is 2.04. The number of ether oxygens (including phenoxy) is 1. The van der Waals surface area contributed by atoms with E-state index in [9.17, 15) is 0 Å². The third-order valence-electron chi connectivity index (χ3n) is 2.57. The number of rotatable bonds is 6. The molecule has 0 bridgehead atoms. The molecule has 0 saturated heterocycles. The summed E-state index contributed by atoms with van der Waals surface area (Å²) < 4.78 is 5.31. The maximum atomic E-state index is 5.31. The molecule has 0 aliphatic heterocycles. The van der Waals surface area contributed by atoms with Gasteiger partial charge in [-0.1, -0.05) is 44.5 Å². The SMILES string of the molecule is C=C(CCCCC)c1ccccc1OC. The van der Waals surface area contributed by atoms with Gasteiger partial charge in [0.1, 0.15) is 5.75 Å². The highest BCUT2D eigenvalue weighted by atomic mass is 16.5. The Morgan fingerprint density at radius 2 is 2.00 bits per heavy atom. The van der Waals surface area contributed by atoms with Gasteiger partial charge in [-0.15, -0.1) is 0 Å². The quantitative estimate of drug-likeness (QED) is 0.628. The van der Waals surface area contributed by atoms with Gasteiger partial charge in [0.15, 0.2) is 0 Å². The van der Waals surface area contributed by atoms with Crippen LogP contribution in [0.1, 0.15) is 38.2 Å². The van der Waals surface area contributed by atoms with Crippen molar-refractivity contribution in [3.05, 3.63) is 36.4 Å². The molecule has 1 aromatic carbocycles. The lowest BCUT2D eigenvalue weighted by Crippen LogP contribution is -1.90. The zero-order valence-electron chi connectivity index (χ0n) is 9.75. The van der Waals surface area contributed by atoms with Gasteiger partial charge in [0.05, 0.1) is 7.11 Å². The van der Waals surface area contributed by atoms with E-state index < -0.39 is 0 Å². The number of methoxy groups -OCH3 is 1. The summed E-state index contributed by atoms with van der Waals surface area (Å²) in [4.78, 5) is 0. The minimum Gasteiger partial charge on any atom is -0.496 e. The van der Waals surface area contributed by atoms with Gasteiger partial charge in [0.25, 0.3) is 0 Å². The molecule has 1 aromatic rings. The Morgan fingerprint density at radius 3 is 2.67 bits per heavy atom. The van der Waals surface area contributed by atoms with Gasteiger partial charge >= 0.3 is 0 Å². The molecule has 1 nitrogen and oxygen atoms in total. The normalized spacial score (nSPS) is 10.0. The molecule has 0 fully saturated rings. The van der Waals surface area contributed by atoms with Crippen molar-refractivity contribution >= 4 is 5.57 Å². The topological polar surface area (TPSA) is 9.23 Å². The third kappa shape index (κ3) is 3.43. The average molecular weight is 204 g/mol. The summed E-state index contributed by atoms with van der Waals surface area (Å²) in [6.45, 7) is 6.34. The fraction of sp³-hybridized carbons (Fsp3) is 0.429. The maximum absolute atomic E-state index is 5.31.